The fourth-order valence-corrected chi connectivity index (χ4v) is 3.83. The van der Waals surface area contributed by atoms with Gasteiger partial charge in [-0.25, -0.2) is 4.79 Å². The van der Waals surface area contributed by atoms with E-state index >= 15 is 0 Å². The summed E-state index contributed by atoms with van der Waals surface area (Å²) in [5, 5.41) is 16.3. The van der Waals surface area contributed by atoms with Gasteiger partial charge in [-0.3, -0.25) is 9.89 Å². The van der Waals surface area contributed by atoms with Crippen LogP contribution in [0.2, 0.25) is 0 Å². The summed E-state index contributed by atoms with van der Waals surface area (Å²) < 4.78 is 0. The highest BCUT2D eigenvalue weighted by atomic mass is 16.4. The smallest absolute Gasteiger partial charge is 0.326 e. The first-order chi connectivity index (χ1) is 10.1. The van der Waals surface area contributed by atoms with Gasteiger partial charge in [0.2, 0.25) is 0 Å². The van der Waals surface area contributed by atoms with Gasteiger partial charge in [0.25, 0.3) is 5.91 Å². The van der Waals surface area contributed by atoms with Crippen LogP contribution in [0.25, 0.3) is 0 Å². The normalized spacial score (nSPS) is 29.0. The number of aliphatic carboxylic acids is 1. The van der Waals surface area contributed by atoms with Crippen LogP contribution in [0.3, 0.4) is 0 Å². The van der Waals surface area contributed by atoms with Gasteiger partial charge in [0.1, 0.15) is 11.7 Å². The van der Waals surface area contributed by atoms with Crippen molar-refractivity contribution in [3.05, 3.63) is 17.5 Å². The SMILES string of the molecule is Cc1cc(C(=O)N2C(C(=O)O)CCC3CCCCC32)n[nH]1. The summed E-state index contributed by atoms with van der Waals surface area (Å²) in [6.07, 6.45) is 5.71. The molecule has 1 amide bonds. The molecule has 21 heavy (non-hydrogen) atoms. The predicted molar refractivity (Wildman–Crippen MR) is 75.9 cm³/mol. The van der Waals surface area contributed by atoms with Crippen LogP contribution >= 0.6 is 0 Å². The molecule has 6 heteroatoms. The molecule has 2 aliphatic rings. The third-order valence-corrected chi connectivity index (χ3v) is 4.82. The van der Waals surface area contributed by atoms with Gasteiger partial charge in [0, 0.05) is 11.7 Å². The van der Waals surface area contributed by atoms with Gasteiger partial charge in [-0.15, -0.1) is 0 Å². The Morgan fingerprint density at radius 1 is 1.29 bits per heavy atom. The Balaban J connectivity index is 1.92. The molecule has 3 rings (SSSR count). The number of aromatic amines is 1. The fourth-order valence-electron chi connectivity index (χ4n) is 3.83. The van der Waals surface area contributed by atoms with Crippen molar-refractivity contribution in [3.8, 4) is 0 Å². The van der Waals surface area contributed by atoms with E-state index in [4.69, 9.17) is 0 Å². The number of aryl methyl sites for hydroxylation is 1. The summed E-state index contributed by atoms with van der Waals surface area (Å²) in [5.74, 6) is -0.707. The van der Waals surface area contributed by atoms with E-state index in [1.54, 1.807) is 11.0 Å². The molecule has 2 fully saturated rings. The lowest BCUT2D eigenvalue weighted by Gasteiger charge is -2.46. The van der Waals surface area contributed by atoms with Crippen molar-refractivity contribution in [3.63, 3.8) is 0 Å². The molecule has 0 radical (unpaired) electrons. The molecule has 1 aliphatic heterocycles. The van der Waals surface area contributed by atoms with Gasteiger partial charge >= 0.3 is 5.97 Å². The van der Waals surface area contributed by atoms with Gasteiger partial charge in [-0.2, -0.15) is 5.10 Å². The van der Waals surface area contributed by atoms with Gasteiger partial charge in [0.15, 0.2) is 0 Å². The van der Waals surface area contributed by atoms with Crippen molar-refractivity contribution >= 4 is 11.9 Å². The molecule has 1 aliphatic carbocycles. The lowest BCUT2D eigenvalue weighted by molar-refractivity contribution is -0.146. The van der Waals surface area contributed by atoms with Crippen LogP contribution in [-0.2, 0) is 4.79 Å². The Hall–Kier alpha value is -1.85. The average molecular weight is 291 g/mol. The fraction of sp³-hybridized carbons (Fsp3) is 0.667. The molecule has 3 atom stereocenters. The highest BCUT2D eigenvalue weighted by molar-refractivity contribution is 5.95. The Labute approximate surface area is 123 Å². The number of aromatic nitrogens is 2. The largest absolute Gasteiger partial charge is 0.480 e. The maximum atomic E-state index is 12.8. The predicted octanol–water partition coefficient (Wildman–Crippen LogP) is 1.97. The molecular weight excluding hydrogens is 270 g/mol. The van der Waals surface area contributed by atoms with Gasteiger partial charge in [-0.05, 0) is 44.6 Å². The number of fused-ring (bicyclic) bond motifs is 1. The second-order valence-corrected chi connectivity index (χ2v) is 6.19. The maximum absolute atomic E-state index is 12.8. The Morgan fingerprint density at radius 3 is 2.71 bits per heavy atom. The van der Waals surface area contributed by atoms with Crippen LogP contribution in [-0.4, -0.2) is 44.2 Å². The van der Waals surface area contributed by atoms with Crippen LogP contribution in [0, 0.1) is 12.8 Å². The molecule has 2 N–H and O–H groups in total. The number of carbonyl (C=O) groups excluding carboxylic acids is 1. The van der Waals surface area contributed by atoms with Crippen LogP contribution in [0.5, 0.6) is 0 Å². The molecule has 6 nitrogen and oxygen atoms in total. The zero-order valence-electron chi connectivity index (χ0n) is 12.2. The van der Waals surface area contributed by atoms with E-state index in [0.717, 1.165) is 31.4 Å². The molecular formula is C15H21N3O3. The van der Waals surface area contributed by atoms with Crippen LogP contribution in [0.4, 0.5) is 0 Å². The minimum absolute atomic E-state index is 0.0538. The number of hydrogen-bond acceptors (Lipinski definition) is 3. The number of nitrogens with one attached hydrogen (secondary N) is 1. The van der Waals surface area contributed by atoms with E-state index in [2.05, 4.69) is 10.2 Å². The quantitative estimate of drug-likeness (QED) is 0.872. The second-order valence-electron chi connectivity index (χ2n) is 6.19. The first-order valence-corrected chi connectivity index (χ1v) is 7.65. The molecule has 0 aromatic carbocycles. The van der Waals surface area contributed by atoms with E-state index in [-0.39, 0.29) is 11.9 Å². The summed E-state index contributed by atoms with van der Waals surface area (Å²) in [4.78, 5) is 25.9. The van der Waals surface area contributed by atoms with Crippen LogP contribution in [0.1, 0.15) is 54.7 Å². The zero-order valence-corrected chi connectivity index (χ0v) is 12.2. The molecule has 1 saturated carbocycles. The summed E-state index contributed by atoms with van der Waals surface area (Å²) in [6.45, 7) is 1.83. The van der Waals surface area contributed by atoms with E-state index in [9.17, 15) is 14.7 Å². The summed E-state index contributed by atoms with van der Waals surface area (Å²) >= 11 is 0. The minimum Gasteiger partial charge on any atom is -0.480 e. The molecule has 2 heterocycles. The van der Waals surface area contributed by atoms with E-state index in [1.807, 2.05) is 6.92 Å². The lowest BCUT2D eigenvalue weighted by Crippen LogP contribution is -2.57. The third kappa shape index (κ3) is 2.54. The number of rotatable bonds is 2. The number of piperidine rings is 1. The molecule has 1 saturated heterocycles. The van der Waals surface area contributed by atoms with Gasteiger partial charge in [0.05, 0.1) is 0 Å². The Morgan fingerprint density at radius 2 is 2.05 bits per heavy atom. The number of nitrogens with zero attached hydrogens (tertiary/aromatic N) is 2. The van der Waals surface area contributed by atoms with Crippen molar-refractivity contribution in [2.45, 2.75) is 57.5 Å². The van der Waals surface area contributed by atoms with E-state index in [1.165, 1.54) is 6.42 Å². The summed E-state index contributed by atoms with van der Waals surface area (Å²) in [5.41, 5.74) is 1.13. The minimum atomic E-state index is -0.903. The summed E-state index contributed by atoms with van der Waals surface area (Å²) in [7, 11) is 0. The Bertz CT molecular complexity index is 554. The molecule has 0 spiro atoms. The van der Waals surface area contributed by atoms with Gasteiger partial charge in [-0.1, -0.05) is 12.8 Å². The molecule has 1 aromatic rings. The lowest BCUT2D eigenvalue weighted by atomic mass is 9.76. The number of likely N-dealkylation sites (tertiary alicyclic amines) is 1. The van der Waals surface area contributed by atoms with E-state index in [0.29, 0.717) is 18.0 Å². The van der Waals surface area contributed by atoms with Crippen LogP contribution < -0.4 is 0 Å². The van der Waals surface area contributed by atoms with E-state index < -0.39 is 12.0 Å². The molecule has 0 bridgehead atoms. The standard InChI is InChI=1S/C15H21N3O3/c1-9-8-11(17-16-9)14(19)18-12-5-3-2-4-10(12)6-7-13(18)15(20)21/h8,10,12-13H,2-7H2,1H3,(H,16,17)(H,20,21). The number of hydrogen-bond donors (Lipinski definition) is 2. The van der Waals surface area contributed by atoms with Crippen molar-refractivity contribution in [1.29, 1.82) is 0 Å². The highest BCUT2D eigenvalue weighted by Gasteiger charge is 2.44. The van der Waals surface area contributed by atoms with Crippen molar-refractivity contribution < 1.29 is 14.7 Å². The number of H-pyrrole nitrogens is 1. The molecule has 1 aromatic heterocycles. The number of carboxylic acids is 1. The van der Waals surface area contributed by atoms with Gasteiger partial charge < -0.3 is 10.0 Å². The maximum Gasteiger partial charge on any atom is 0.326 e. The highest BCUT2D eigenvalue weighted by Crippen LogP contribution is 2.38. The first-order valence-electron chi connectivity index (χ1n) is 7.65. The molecule has 3 unspecified atom stereocenters. The topological polar surface area (TPSA) is 86.3 Å². The molecule has 114 valence electrons. The number of carboxylic acid groups (broad SMARTS) is 1. The van der Waals surface area contributed by atoms with Crippen LogP contribution in [0.15, 0.2) is 6.07 Å². The monoisotopic (exact) mass is 291 g/mol. The first kappa shape index (κ1) is 14.1. The third-order valence-electron chi connectivity index (χ3n) is 4.82. The summed E-state index contributed by atoms with van der Waals surface area (Å²) in [6, 6.07) is 1.03. The number of carbonyl (C=O) groups is 2. The number of amides is 1. The van der Waals surface area contributed by atoms with Crippen molar-refractivity contribution in [2.75, 3.05) is 0 Å². The second kappa shape index (κ2) is 5.50. The zero-order chi connectivity index (χ0) is 15.0. The van der Waals surface area contributed by atoms with Crippen molar-refractivity contribution in [2.24, 2.45) is 5.92 Å². The average Bonchev–Trinajstić information content (AvgIpc) is 2.91. The van der Waals surface area contributed by atoms with Crippen molar-refractivity contribution in [1.82, 2.24) is 15.1 Å². The Kier molecular flexibility index (Phi) is 3.69.